The van der Waals surface area contributed by atoms with E-state index in [9.17, 15) is 27.6 Å². The Morgan fingerprint density at radius 2 is 1.84 bits per heavy atom. The molecule has 0 fully saturated rings. The van der Waals surface area contributed by atoms with E-state index in [0.29, 0.717) is 10.4 Å². The van der Waals surface area contributed by atoms with Gasteiger partial charge in [0.25, 0.3) is 5.56 Å². The maximum absolute atomic E-state index is 12.9. The van der Waals surface area contributed by atoms with Gasteiger partial charge >= 0.3 is 18.0 Å². The molecule has 1 amide bonds. The molecule has 0 aliphatic heterocycles. The third-order valence-electron chi connectivity index (χ3n) is 4.21. The molecule has 0 unspecified atom stereocenters. The lowest BCUT2D eigenvalue weighted by atomic mass is 10.2. The highest BCUT2D eigenvalue weighted by molar-refractivity contribution is 7.20. The number of carbonyl (C=O) groups excluding carboxylic acids is 1. The minimum absolute atomic E-state index is 0.0389. The van der Waals surface area contributed by atoms with Crippen molar-refractivity contribution in [3.8, 4) is 0 Å². The van der Waals surface area contributed by atoms with Gasteiger partial charge in [-0.15, -0.1) is 11.3 Å². The van der Waals surface area contributed by atoms with Crippen molar-refractivity contribution in [1.82, 2.24) is 14.6 Å². The van der Waals surface area contributed by atoms with Gasteiger partial charge in [-0.05, 0) is 33.3 Å². The highest BCUT2D eigenvalue weighted by atomic mass is 32.1. The molecule has 0 aliphatic carbocycles. The summed E-state index contributed by atoms with van der Waals surface area (Å²) in [5.41, 5.74) is 0.409. The zero-order valence-electron chi connectivity index (χ0n) is 18.3. The molecule has 1 N–H and O–H groups in total. The Bertz CT molecular complexity index is 1130. The number of methoxy groups -OCH3 is 1. The number of aromatic nitrogens is 2. The van der Waals surface area contributed by atoms with Gasteiger partial charge in [0.05, 0.1) is 36.1 Å². The molecule has 0 saturated heterocycles. The lowest BCUT2D eigenvalue weighted by molar-refractivity contribution is -0.136. The highest BCUT2D eigenvalue weighted by Crippen LogP contribution is 2.28. The van der Waals surface area contributed by atoms with E-state index < -0.39 is 42.1 Å². The number of hydrogen-bond acceptors (Lipinski definition) is 7. The number of carbonyl (C=O) groups is 1. The second-order valence-electron chi connectivity index (χ2n) is 7.89. The van der Waals surface area contributed by atoms with Crippen LogP contribution in [-0.4, -0.2) is 46.9 Å². The molecule has 13 heteroatoms. The van der Waals surface area contributed by atoms with E-state index in [2.05, 4.69) is 10.5 Å². The smallest absolute Gasteiger partial charge is 0.428 e. The van der Waals surface area contributed by atoms with Crippen molar-refractivity contribution in [2.75, 3.05) is 13.7 Å². The van der Waals surface area contributed by atoms with Crippen LogP contribution in [0.1, 0.15) is 37.6 Å². The standard InChI is InChI=1S/C19H25F3N4O5S/c1-11-12(10-23-24-16(28)31-18(2,3)4)32-15-13(11)14(27)25(8-9-30-5)17(29)26(15)7-6-19(20,21)22/h10H,6-9H2,1-5H3,(H,24,28)/b23-10+. The molecule has 0 saturated carbocycles. The molecule has 178 valence electrons. The van der Waals surface area contributed by atoms with E-state index in [0.717, 1.165) is 20.5 Å². The number of thiophene rings is 1. The molecule has 0 radical (unpaired) electrons. The SMILES string of the molecule is COCCn1c(=O)c2c(C)c(/C=N/NC(=O)OC(C)(C)C)sc2n(CCC(F)(F)F)c1=O. The van der Waals surface area contributed by atoms with Crippen molar-refractivity contribution in [3.05, 3.63) is 31.3 Å². The van der Waals surface area contributed by atoms with Gasteiger partial charge in [-0.1, -0.05) is 0 Å². The maximum atomic E-state index is 12.9. The molecule has 9 nitrogen and oxygen atoms in total. The first kappa shape index (κ1) is 25.6. The fraction of sp³-hybridized carbons (Fsp3) is 0.579. The van der Waals surface area contributed by atoms with Gasteiger partial charge in [-0.3, -0.25) is 13.9 Å². The molecule has 0 spiro atoms. The average molecular weight is 478 g/mol. The average Bonchev–Trinajstić information content (AvgIpc) is 2.95. The van der Waals surface area contributed by atoms with Crippen LogP contribution in [0.4, 0.5) is 18.0 Å². The van der Waals surface area contributed by atoms with Crippen LogP contribution in [-0.2, 0) is 22.6 Å². The van der Waals surface area contributed by atoms with Crippen molar-refractivity contribution >= 4 is 33.9 Å². The number of nitrogens with one attached hydrogen (secondary N) is 1. The molecule has 0 bridgehead atoms. The Labute approximate surface area is 185 Å². The quantitative estimate of drug-likeness (QED) is 0.487. The van der Waals surface area contributed by atoms with Crippen molar-refractivity contribution in [2.24, 2.45) is 5.10 Å². The van der Waals surface area contributed by atoms with Crippen molar-refractivity contribution in [2.45, 2.75) is 59.0 Å². The third kappa shape index (κ3) is 6.42. The minimum Gasteiger partial charge on any atom is -0.443 e. The predicted octanol–water partition coefficient (Wildman–Crippen LogP) is 2.99. The van der Waals surface area contributed by atoms with Gasteiger partial charge in [0.15, 0.2) is 0 Å². The van der Waals surface area contributed by atoms with E-state index >= 15 is 0 Å². The number of amides is 1. The third-order valence-corrected chi connectivity index (χ3v) is 5.45. The lowest BCUT2D eigenvalue weighted by Crippen LogP contribution is -2.41. The number of rotatable bonds is 7. The second kappa shape index (κ2) is 9.86. The van der Waals surface area contributed by atoms with Crippen LogP contribution in [0.25, 0.3) is 10.2 Å². The zero-order valence-corrected chi connectivity index (χ0v) is 19.1. The first-order valence-electron chi connectivity index (χ1n) is 9.59. The summed E-state index contributed by atoms with van der Waals surface area (Å²) in [5.74, 6) is 0. The summed E-state index contributed by atoms with van der Waals surface area (Å²) in [6, 6.07) is 0. The largest absolute Gasteiger partial charge is 0.443 e. The summed E-state index contributed by atoms with van der Waals surface area (Å²) < 4.78 is 50.2. The van der Waals surface area contributed by atoms with E-state index in [1.807, 2.05) is 0 Å². The normalized spacial score (nSPS) is 12.6. The molecule has 2 aromatic heterocycles. The number of ether oxygens (including phenoxy) is 2. The summed E-state index contributed by atoms with van der Waals surface area (Å²) in [6.07, 6.45) is -5.25. The topological polar surface area (TPSA) is 104 Å². The van der Waals surface area contributed by atoms with Crippen LogP contribution in [0, 0.1) is 6.92 Å². The van der Waals surface area contributed by atoms with E-state index in [1.165, 1.54) is 13.3 Å². The first-order valence-corrected chi connectivity index (χ1v) is 10.4. The van der Waals surface area contributed by atoms with Crippen LogP contribution < -0.4 is 16.7 Å². The Morgan fingerprint density at radius 3 is 2.41 bits per heavy atom. The number of fused-ring (bicyclic) bond motifs is 1. The molecule has 2 heterocycles. The first-order chi connectivity index (χ1) is 14.7. The van der Waals surface area contributed by atoms with Gasteiger partial charge in [0, 0.05) is 13.7 Å². The van der Waals surface area contributed by atoms with E-state index in [1.54, 1.807) is 27.7 Å². The van der Waals surface area contributed by atoms with Crippen LogP contribution >= 0.6 is 11.3 Å². The Hall–Kier alpha value is -2.67. The van der Waals surface area contributed by atoms with E-state index in [-0.39, 0.29) is 23.4 Å². The number of hydrogen-bond donors (Lipinski definition) is 1. The fourth-order valence-corrected chi connectivity index (χ4v) is 3.99. The zero-order chi connectivity index (χ0) is 24.3. The fourth-order valence-electron chi connectivity index (χ4n) is 2.79. The van der Waals surface area contributed by atoms with Crippen molar-refractivity contribution < 1.29 is 27.4 Å². The van der Waals surface area contributed by atoms with Gasteiger partial charge in [0.1, 0.15) is 10.4 Å². The Kier molecular flexibility index (Phi) is 7.88. The number of nitrogens with zero attached hydrogens (tertiary/aromatic N) is 3. The molecular formula is C19H25F3N4O5S. The number of aryl methyl sites for hydroxylation is 2. The van der Waals surface area contributed by atoms with Crippen molar-refractivity contribution in [3.63, 3.8) is 0 Å². The van der Waals surface area contributed by atoms with Crippen LogP contribution in [0.2, 0.25) is 0 Å². The molecule has 0 aromatic carbocycles. The number of alkyl halides is 3. The lowest BCUT2D eigenvalue weighted by Gasteiger charge is -2.18. The molecular weight excluding hydrogens is 453 g/mol. The van der Waals surface area contributed by atoms with Gasteiger partial charge in [-0.25, -0.2) is 15.0 Å². The van der Waals surface area contributed by atoms with Crippen LogP contribution in [0.15, 0.2) is 14.7 Å². The summed E-state index contributed by atoms with van der Waals surface area (Å²) in [6.45, 7) is 5.93. The van der Waals surface area contributed by atoms with Gasteiger partial charge in [-0.2, -0.15) is 18.3 Å². The number of halogens is 3. The molecule has 0 aliphatic rings. The minimum atomic E-state index is -4.48. The summed E-state index contributed by atoms with van der Waals surface area (Å²) in [4.78, 5) is 37.9. The Morgan fingerprint density at radius 1 is 1.19 bits per heavy atom. The van der Waals surface area contributed by atoms with Crippen LogP contribution in [0.3, 0.4) is 0 Å². The van der Waals surface area contributed by atoms with Gasteiger partial charge in [0.2, 0.25) is 0 Å². The Balaban J connectivity index is 2.52. The maximum Gasteiger partial charge on any atom is 0.428 e. The van der Waals surface area contributed by atoms with Gasteiger partial charge < -0.3 is 9.47 Å². The van der Waals surface area contributed by atoms with Crippen molar-refractivity contribution in [1.29, 1.82) is 0 Å². The van der Waals surface area contributed by atoms with E-state index in [4.69, 9.17) is 9.47 Å². The number of hydrazone groups is 1. The second-order valence-corrected chi connectivity index (χ2v) is 8.92. The monoisotopic (exact) mass is 478 g/mol. The molecule has 2 aromatic rings. The molecule has 0 atom stereocenters. The predicted molar refractivity (Wildman–Crippen MR) is 115 cm³/mol. The van der Waals surface area contributed by atoms with Crippen LogP contribution in [0.5, 0.6) is 0 Å². The summed E-state index contributed by atoms with van der Waals surface area (Å²) in [7, 11) is 1.38. The molecule has 32 heavy (non-hydrogen) atoms. The summed E-state index contributed by atoms with van der Waals surface area (Å²) in [5, 5.41) is 3.90. The molecule has 2 rings (SSSR count). The summed E-state index contributed by atoms with van der Waals surface area (Å²) >= 11 is 0.936. The highest BCUT2D eigenvalue weighted by Gasteiger charge is 2.28.